The predicted molar refractivity (Wildman–Crippen MR) is 116 cm³/mol. The van der Waals surface area contributed by atoms with E-state index in [1.54, 1.807) is 30.5 Å². The van der Waals surface area contributed by atoms with Gasteiger partial charge in [-0.3, -0.25) is 4.79 Å². The number of hydrogen-bond donors (Lipinski definition) is 2. The Morgan fingerprint density at radius 1 is 1.13 bits per heavy atom. The van der Waals surface area contributed by atoms with Crippen LogP contribution in [0.1, 0.15) is 17.5 Å². The summed E-state index contributed by atoms with van der Waals surface area (Å²) in [5.41, 5.74) is 1.73. The second-order valence-corrected chi connectivity index (χ2v) is 8.99. The molecule has 162 valence electrons. The maximum absolute atomic E-state index is 12.7. The van der Waals surface area contributed by atoms with E-state index in [4.69, 9.17) is 10.00 Å². The summed E-state index contributed by atoms with van der Waals surface area (Å²) in [4.78, 5) is 35.8. The van der Waals surface area contributed by atoms with Gasteiger partial charge >= 0.3 is 6.09 Å². The number of nitrogens with zero attached hydrogens (tertiary/aromatic N) is 1. The van der Waals surface area contributed by atoms with E-state index in [9.17, 15) is 19.5 Å². The van der Waals surface area contributed by atoms with Gasteiger partial charge in [0, 0.05) is 12.1 Å². The van der Waals surface area contributed by atoms with E-state index in [1.165, 1.54) is 0 Å². The number of amides is 2. The fourth-order valence-corrected chi connectivity index (χ4v) is 3.81. The van der Waals surface area contributed by atoms with Crippen LogP contribution in [0.25, 0.3) is 0 Å². The van der Waals surface area contributed by atoms with E-state index in [0.29, 0.717) is 17.0 Å². The molecule has 1 unspecified atom stereocenters. The molecule has 0 aliphatic carbocycles. The van der Waals surface area contributed by atoms with Gasteiger partial charge in [-0.1, -0.05) is 30.3 Å². The maximum Gasteiger partial charge on any atom is 0.408 e. The molecule has 31 heavy (non-hydrogen) atoms. The molecule has 2 N–H and O–H groups in total. The number of carboxylic acid groups (broad SMARTS) is 1. The molecule has 8 nitrogen and oxygen atoms in total. The van der Waals surface area contributed by atoms with Crippen molar-refractivity contribution < 1.29 is 24.2 Å². The van der Waals surface area contributed by atoms with Crippen molar-refractivity contribution in [2.45, 2.75) is 19.1 Å². The van der Waals surface area contributed by atoms with Crippen LogP contribution in [0.4, 0.5) is 10.5 Å². The van der Waals surface area contributed by atoms with Gasteiger partial charge in [-0.15, -0.1) is 0 Å². The van der Waals surface area contributed by atoms with Gasteiger partial charge in [0.1, 0.15) is 24.2 Å². The van der Waals surface area contributed by atoms with Crippen molar-refractivity contribution in [3.8, 4) is 6.07 Å². The summed E-state index contributed by atoms with van der Waals surface area (Å²) < 4.78 is 5.19. The van der Waals surface area contributed by atoms with E-state index < -0.39 is 34.9 Å². The van der Waals surface area contributed by atoms with Crippen molar-refractivity contribution in [3.63, 3.8) is 0 Å². The van der Waals surface area contributed by atoms with E-state index in [-0.39, 0.29) is 18.8 Å². The number of ether oxygens (including phenoxy) is 1. The molecule has 0 aliphatic rings. The first-order valence-corrected chi connectivity index (χ1v) is 11.4. The zero-order chi connectivity index (χ0) is 22.6. The number of hydrogen-bond acceptors (Lipinski definition) is 6. The Hall–Kier alpha value is -3.51. The van der Waals surface area contributed by atoms with E-state index in [1.807, 2.05) is 36.4 Å². The van der Waals surface area contributed by atoms with Gasteiger partial charge in [0.05, 0.1) is 23.9 Å². The minimum absolute atomic E-state index is 0.0550. The lowest BCUT2D eigenvalue weighted by Crippen LogP contribution is -2.45. The zero-order valence-corrected chi connectivity index (χ0v) is 17.8. The molecule has 9 heteroatoms. The summed E-state index contributed by atoms with van der Waals surface area (Å²) >= 11 is 0. The third-order valence-corrected chi connectivity index (χ3v) is 5.88. The van der Waals surface area contributed by atoms with E-state index >= 15 is 0 Å². The van der Waals surface area contributed by atoms with Crippen LogP contribution in [0.15, 0.2) is 54.6 Å². The summed E-state index contributed by atoms with van der Waals surface area (Å²) in [5.74, 6) is -1.31. The monoisotopic (exact) mass is 441 g/mol. The molecule has 0 fully saturated rings. The standard InChI is InChI=1S/C22H23N3O5S/c1-31(15-20(26)27)12-11-19(21(28)24-18-9-7-16(13-23)8-10-18)25-22(29)30-14-17-5-3-2-4-6-17/h2-10,19H,11-12,14-15H2,1H3,(H2-,24,25,26,27,28,29)/t19-,31?/m0/s1. The van der Waals surface area contributed by atoms with Crippen LogP contribution in [-0.4, -0.2) is 41.8 Å². The first-order valence-electron chi connectivity index (χ1n) is 9.44. The van der Waals surface area contributed by atoms with Gasteiger partial charge < -0.3 is 25.3 Å². The number of benzene rings is 2. The molecule has 2 atom stereocenters. The molecule has 2 aromatic carbocycles. The van der Waals surface area contributed by atoms with Crippen molar-refractivity contribution >= 4 is 34.6 Å². The second kappa shape index (κ2) is 12.2. The molecule has 2 amide bonds. The fourth-order valence-electron chi connectivity index (χ4n) is 2.63. The number of carboxylic acids is 1. The highest BCUT2D eigenvalue weighted by Crippen LogP contribution is 2.11. The highest BCUT2D eigenvalue weighted by molar-refractivity contribution is 7.96. The third kappa shape index (κ3) is 8.80. The average molecular weight is 442 g/mol. The summed E-state index contributed by atoms with van der Waals surface area (Å²) in [7, 11) is -0.507. The minimum Gasteiger partial charge on any atom is -0.545 e. The number of carbonyl (C=O) groups excluding carboxylic acids is 3. The van der Waals surface area contributed by atoms with E-state index in [2.05, 4.69) is 10.6 Å². The molecular formula is C22H23N3O5S. The van der Waals surface area contributed by atoms with Crippen molar-refractivity contribution in [1.82, 2.24) is 5.32 Å². The SMILES string of the molecule is C[S+](CC[C@H](NC(=O)OCc1ccccc1)C(=O)Nc1ccc(C#N)cc1)CC(=O)[O-]. The van der Waals surface area contributed by atoms with Gasteiger partial charge in [-0.2, -0.15) is 5.26 Å². The Labute approximate surface area is 183 Å². The number of anilines is 1. The van der Waals surface area contributed by atoms with Crippen LogP contribution in [0.3, 0.4) is 0 Å². The molecule has 2 aromatic rings. The Bertz CT molecular complexity index is 928. The van der Waals surface area contributed by atoms with Crippen molar-refractivity contribution in [2.24, 2.45) is 0 Å². The van der Waals surface area contributed by atoms with Crippen molar-refractivity contribution in [1.29, 1.82) is 5.26 Å². The quantitative estimate of drug-likeness (QED) is 0.532. The summed E-state index contributed by atoms with van der Waals surface area (Å²) in [6.45, 7) is 0.0550. The van der Waals surface area contributed by atoms with Gasteiger partial charge in [-0.05, 0) is 40.7 Å². The Balaban J connectivity index is 1.99. The molecule has 0 saturated heterocycles. The number of alkyl carbamates (subject to hydrolysis) is 1. The normalized spacial score (nSPS) is 12.1. The molecular weight excluding hydrogens is 418 g/mol. The number of nitrogens with one attached hydrogen (secondary N) is 2. The molecule has 2 rings (SSSR count). The van der Waals surface area contributed by atoms with Gasteiger partial charge in [0.15, 0.2) is 0 Å². The highest BCUT2D eigenvalue weighted by Gasteiger charge is 2.25. The van der Waals surface area contributed by atoms with Crippen LogP contribution in [-0.2, 0) is 31.8 Å². The largest absolute Gasteiger partial charge is 0.545 e. The molecule has 0 radical (unpaired) electrons. The number of nitriles is 1. The molecule has 0 bridgehead atoms. The average Bonchev–Trinajstić information content (AvgIpc) is 2.76. The Morgan fingerprint density at radius 2 is 1.81 bits per heavy atom. The molecule has 0 aliphatic heterocycles. The van der Waals surface area contributed by atoms with Gasteiger partial charge in [-0.25, -0.2) is 4.79 Å². The molecule has 0 heterocycles. The second-order valence-electron chi connectivity index (χ2n) is 6.73. The lowest BCUT2D eigenvalue weighted by Gasteiger charge is -2.18. The molecule has 0 saturated carbocycles. The molecule has 0 spiro atoms. The smallest absolute Gasteiger partial charge is 0.408 e. The fraction of sp³-hybridized carbons (Fsp3) is 0.273. The maximum atomic E-state index is 12.7. The minimum atomic E-state index is -1.15. The van der Waals surface area contributed by atoms with E-state index in [0.717, 1.165) is 5.56 Å². The van der Waals surface area contributed by atoms with Gasteiger partial charge in [0.25, 0.3) is 0 Å². The lowest BCUT2D eigenvalue weighted by atomic mass is 10.2. The van der Waals surface area contributed by atoms with Crippen LogP contribution in [0.5, 0.6) is 0 Å². The summed E-state index contributed by atoms with van der Waals surface area (Å²) in [5, 5.41) is 24.9. The van der Waals surface area contributed by atoms with Crippen LogP contribution < -0.4 is 15.7 Å². The van der Waals surface area contributed by atoms with Gasteiger partial charge in [0.2, 0.25) is 5.91 Å². The number of rotatable bonds is 10. The first-order chi connectivity index (χ1) is 14.9. The summed E-state index contributed by atoms with van der Waals surface area (Å²) in [6.07, 6.45) is 1.24. The Kier molecular flexibility index (Phi) is 9.39. The lowest BCUT2D eigenvalue weighted by molar-refractivity contribution is -0.301. The zero-order valence-electron chi connectivity index (χ0n) is 17.0. The first kappa shape index (κ1) is 23.8. The number of aliphatic carboxylic acids is 1. The predicted octanol–water partition coefficient (Wildman–Crippen LogP) is 1.18. The van der Waals surface area contributed by atoms with Crippen LogP contribution in [0.2, 0.25) is 0 Å². The summed E-state index contributed by atoms with van der Waals surface area (Å²) in [6, 6.07) is 16.5. The molecule has 0 aromatic heterocycles. The van der Waals surface area contributed by atoms with Crippen molar-refractivity contribution in [2.75, 3.05) is 23.1 Å². The highest BCUT2D eigenvalue weighted by atomic mass is 32.2. The topological polar surface area (TPSA) is 131 Å². The van der Waals surface area contributed by atoms with Crippen molar-refractivity contribution in [3.05, 3.63) is 65.7 Å². The van der Waals surface area contributed by atoms with Crippen LogP contribution in [0, 0.1) is 11.3 Å². The number of carbonyl (C=O) groups is 3. The third-order valence-electron chi connectivity index (χ3n) is 4.22. The Morgan fingerprint density at radius 3 is 2.42 bits per heavy atom. The van der Waals surface area contributed by atoms with Crippen LogP contribution >= 0.6 is 0 Å².